The molecule has 3 fully saturated rings. The first-order chi connectivity index (χ1) is 22.0. The first-order valence-corrected chi connectivity index (χ1v) is 17.6. The van der Waals surface area contributed by atoms with E-state index < -0.39 is 33.6 Å². The Morgan fingerprint density at radius 1 is 1.06 bits per heavy atom. The van der Waals surface area contributed by atoms with E-state index in [1.807, 2.05) is 0 Å². The number of sulfonamides is 1. The Morgan fingerprint density at radius 3 is 2.32 bits per heavy atom. The number of piperazine rings is 1. The minimum Gasteiger partial charge on any atom is -0.442 e. The zero-order valence-electron chi connectivity index (χ0n) is 26.7. The number of aliphatic imine (C=N–C) groups is 1. The molecule has 3 aliphatic rings. The molecule has 0 bridgehead atoms. The summed E-state index contributed by atoms with van der Waals surface area (Å²) in [5.74, 6) is -4.10. The molecule has 47 heavy (non-hydrogen) atoms. The van der Waals surface area contributed by atoms with Gasteiger partial charge in [0.1, 0.15) is 16.6 Å². The van der Waals surface area contributed by atoms with Crippen molar-refractivity contribution < 1.29 is 31.5 Å². The number of carbonyl (C=O) groups is 2. The van der Waals surface area contributed by atoms with Crippen LogP contribution >= 0.6 is 11.6 Å². The highest BCUT2D eigenvalue weighted by Gasteiger charge is 2.43. The lowest BCUT2D eigenvalue weighted by atomic mass is 9.80. The number of rotatable bonds is 7. The van der Waals surface area contributed by atoms with Gasteiger partial charge in [0.25, 0.3) is 5.92 Å². The molecule has 1 saturated carbocycles. The fourth-order valence-corrected chi connectivity index (χ4v) is 7.83. The average molecular weight is 695 g/mol. The van der Waals surface area contributed by atoms with E-state index in [-0.39, 0.29) is 71.9 Å². The van der Waals surface area contributed by atoms with Crippen molar-refractivity contribution in [2.24, 2.45) is 22.6 Å². The van der Waals surface area contributed by atoms with E-state index in [1.165, 1.54) is 39.7 Å². The van der Waals surface area contributed by atoms with Crippen LogP contribution in [0.5, 0.6) is 0 Å². The number of hydrogen-bond donors (Lipinski definition) is 1. The summed E-state index contributed by atoms with van der Waals surface area (Å²) >= 11 is 6.20. The SMILES string of the molecule is CC(C)(C)OC(=O)N=CC1CC(=O)N(c2ccc(S(=O)(=O)N3CCN(c4cc(C(F)(F)C5CCC(N)CC5)cc(Cl)n4)CC3)cc2)C1. The summed E-state index contributed by atoms with van der Waals surface area (Å²) in [6, 6.07) is 8.58. The molecule has 1 atom stereocenters. The van der Waals surface area contributed by atoms with E-state index >= 15 is 8.78 Å². The van der Waals surface area contributed by atoms with Crippen LogP contribution in [0.1, 0.15) is 58.4 Å². The number of halogens is 3. The van der Waals surface area contributed by atoms with Crippen molar-refractivity contribution in [1.29, 1.82) is 0 Å². The molecule has 0 radical (unpaired) electrons. The van der Waals surface area contributed by atoms with Crippen molar-refractivity contribution in [1.82, 2.24) is 9.29 Å². The lowest BCUT2D eigenvalue weighted by molar-refractivity contribution is -0.117. The summed E-state index contributed by atoms with van der Waals surface area (Å²) in [5.41, 5.74) is 5.58. The number of aromatic nitrogens is 1. The molecule has 11 nitrogen and oxygen atoms in total. The van der Waals surface area contributed by atoms with Gasteiger partial charge in [-0.15, -0.1) is 0 Å². The number of pyridine rings is 1. The summed E-state index contributed by atoms with van der Waals surface area (Å²) < 4.78 is 64.5. The third kappa shape index (κ3) is 8.27. The highest BCUT2D eigenvalue weighted by atomic mass is 35.5. The molecular formula is C32H41ClF2N6O5S. The highest BCUT2D eigenvalue weighted by molar-refractivity contribution is 7.89. The number of amides is 2. The summed E-state index contributed by atoms with van der Waals surface area (Å²) in [6.45, 7) is 6.21. The maximum Gasteiger partial charge on any atom is 0.433 e. The number of carbonyl (C=O) groups excluding carboxylic acids is 2. The Kier molecular flexibility index (Phi) is 10.3. The van der Waals surface area contributed by atoms with Crippen molar-refractivity contribution >= 4 is 51.3 Å². The molecule has 2 aromatic rings. The Morgan fingerprint density at radius 2 is 1.70 bits per heavy atom. The number of ether oxygens (including phenoxy) is 1. The number of alkyl halides is 2. The summed E-state index contributed by atoms with van der Waals surface area (Å²) in [7, 11) is -3.87. The molecule has 2 amide bonds. The Labute approximate surface area is 279 Å². The van der Waals surface area contributed by atoms with Crippen molar-refractivity contribution in [3.8, 4) is 0 Å². The molecule has 1 unspecified atom stereocenters. The van der Waals surface area contributed by atoms with Gasteiger partial charge in [-0.1, -0.05) is 11.6 Å². The molecule has 0 spiro atoms. The van der Waals surface area contributed by atoms with E-state index in [9.17, 15) is 18.0 Å². The topological polar surface area (TPSA) is 138 Å². The normalized spacial score (nSPS) is 23.5. The predicted molar refractivity (Wildman–Crippen MR) is 176 cm³/mol. The van der Waals surface area contributed by atoms with Crippen molar-refractivity contribution in [2.75, 3.05) is 42.5 Å². The number of anilines is 2. The molecule has 1 aromatic carbocycles. The smallest absolute Gasteiger partial charge is 0.433 e. The minimum atomic E-state index is -3.87. The second-order valence-corrected chi connectivity index (χ2v) is 15.7. The number of nitrogens with zero attached hydrogens (tertiary/aromatic N) is 5. The third-order valence-electron chi connectivity index (χ3n) is 8.74. The maximum atomic E-state index is 15.5. The molecule has 256 valence electrons. The van der Waals surface area contributed by atoms with Crippen LogP contribution < -0.4 is 15.5 Å². The minimum absolute atomic E-state index is 0.0436. The van der Waals surface area contributed by atoms with E-state index in [1.54, 1.807) is 37.8 Å². The van der Waals surface area contributed by atoms with Crippen LogP contribution in [0.3, 0.4) is 0 Å². The Hall–Kier alpha value is -3.20. The molecule has 3 heterocycles. The van der Waals surface area contributed by atoms with E-state index in [0.29, 0.717) is 37.9 Å². The average Bonchev–Trinajstić information content (AvgIpc) is 3.39. The van der Waals surface area contributed by atoms with Crippen molar-refractivity contribution in [3.05, 3.63) is 47.1 Å². The summed E-state index contributed by atoms with van der Waals surface area (Å²) in [6.07, 6.45) is 2.62. The van der Waals surface area contributed by atoms with Gasteiger partial charge in [-0.25, -0.2) is 27.0 Å². The molecule has 5 rings (SSSR count). The predicted octanol–water partition coefficient (Wildman–Crippen LogP) is 5.21. The number of hydrogen-bond acceptors (Lipinski definition) is 8. The second-order valence-electron chi connectivity index (χ2n) is 13.4. The fraction of sp³-hybridized carbons (Fsp3) is 0.562. The van der Waals surface area contributed by atoms with Crippen LogP contribution in [0.15, 0.2) is 46.3 Å². The largest absolute Gasteiger partial charge is 0.442 e. The standard InChI is InChI=1S/C32H41ClF2N6O5S/c1-31(2,3)46-30(43)37-19-21-16-29(42)41(20-21)25-8-10-26(11-9-25)47(44,45)40-14-12-39(13-15-40)28-18-23(17-27(33)38-28)32(34,35)22-4-6-24(36)7-5-22/h8-11,17-19,21-22,24H,4-7,12-16,20,36H2,1-3H3. The number of nitrogens with two attached hydrogens (primary N) is 1. The summed E-state index contributed by atoms with van der Waals surface area (Å²) in [4.78, 5) is 36.0. The Bertz CT molecular complexity index is 1600. The maximum absolute atomic E-state index is 15.5. The van der Waals surface area contributed by atoms with Gasteiger partial charge in [0.05, 0.1) is 4.90 Å². The van der Waals surface area contributed by atoms with Gasteiger partial charge in [0, 0.05) is 74.5 Å². The van der Waals surface area contributed by atoms with Gasteiger partial charge >= 0.3 is 6.09 Å². The molecule has 1 aromatic heterocycles. The van der Waals surface area contributed by atoms with Crippen LogP contribution in [-0.2, 0) is 25.5 Å². The highest BCUT2D eigenvalue weighted by Crippen LogP contribution is 2.44. The third-order valence-corrected chi connectivity index (χ3v) is 10.8. The molecular weight excluding hydrogens is 654 g/mol. The zero-order chi connectivity index (χ0) is 34.1. The fourth-order valence-electron chi connectivity index (χ4n) is 6.20. The summed E-state index contributed by atoms with van der Waals surface area (Å²) in [5, 5.41) is -0.0436. The van der Waals surface area contributed by atoms with Crippen LogP contribution in [0.2, 0.25) is 5.15 Å². The molecule has 2 N–H and O–H groups in total. The molecule has 2 aliphatic heterocycles. The van der Waals surface area contributed by atoms with E-state index in [4.69, 9.17) is 22.1 Å². The lowest BCUT2D eigenvalue weighted by Gasteiger charge is -2.36. The zero-order valence-corrected chi connectivity index (χ0v) is 28.3. The van der Waals surface area contributed by atoms with Crippen molar-refractivity contribution in [3.63, 3.8) is 0 Å². The number of benzene rings is 1. The van der Waals surface area contributed by atoms with Crippen LogP contribution in [-0.4, -0.2) is 80.3 Å². The van der Waals surface area contributed by atoms with Crippen LogP contribution in [0, 0.1) is 11.8 Å². The van der Waals surface area contributed by atoms with Gasteiger partial charge < -0.3 is 20.3 Å². The van der Waals surface area contributed by atoms with Crippen molar-refractivity contribution in [2.45, 2.75) is 75.3 Å². The first kappa shape index (κ1) is 35.1. The van der Waals surface area contributed by atoms with Gasteiger partial charge in [0.15, 0.2) is 0 Å². The van der Waals surface area contributed by atoms with E-state index in [0.717, 1.165) is 0 Å². The molecule has 1 aliphatic carbocycles. The van der Waals surface area contributed by atoms with Crippen LogP contribution in [0.25, 0.3) is 0 Å². The van der Waals surface area contributed by atoms with E-state index in [2.05, 4.69) is 9.98 Å². The second kappa shape index (κ2) is 13.7. The van der Waals surface area contributed by atoms with Gasteiger partial charge in [-0.2, -0.15) is 9.30 Å². The van der Waals surface area contributed by atoms with Crippen LogP contribution in [0.4, 0.5) is 25.1 Å². The van der Waals surface area contributed by atoms with Gasteiger partial charge in [0.2, 0.25) is 15.9 Å². The molecule has 15 heteroatoms. The first-order valence-electron chi connectivity index (χ1n) is 15.8. The molecule has 2 saturated heterocycles. The lowest BCUT2D eigenvalue weighted by Crippen LogP contribution is -2.49. The van der Waals surface area contributed by atoms with Gasteiger partial charge in [-0.3, -0.25) is 4.79 Å². The van der Waals surface area contributed by atoms with Gasteiger partial charge in [-0.05, 0) is 82.9 Å². The quantitative estimate of drug-likeness (QED) is 0.308. The Balaban J connectivity index is 1.20. The monoisotopic (exact) mass is 694 g/mol.